The quantitative estimate of drug-likeness (QED) is 0.300. The molecule has 1 aliphatic carbocycles. The summed E-state index contributed by atoms with van der Waals surface area (Å²) in [5, 5.41) is 2.44. The Hall–Kier alpha value is -3.04. The van der Waals surface area contributed by atoms with Gasteiger partial charge in [-0.05, 0) is 31.5 Å². The van der Waals surface area contributed by atoms with Crippen LogP contribution < -0.4 is 9.47 Å². The highest BCUT2D eigenvalue weighted by atomic mass is 35.5. The molecule has 4 heteroatoms. The minimum Gasteiger partial charge on any atom is -0.456 e. The number of aryl methyl sites for hydroxylation is 1. The van der Waals surface area contributed by atoms with E-state index in [2.05, 4.69) is 12.6 Å². The summed E-state index contributed by atoms with van der Waals surface area (Å²) in [6, 6.07) is 15.7. The van der Waals surface area contributed by atoms with E-state index in [9.17, 15) is 4.79 Å². The van der Waals surface area contributed by atoms with E-state index in [4.69, 9.17) is 21.1 Å². The molecular weight excluding hydrogens is 372 g/mol. The zero-order valence-corrected chi connectivity index (χ0v) is 16.3. The number of carbonyl (C=O) groups is 1. The Kier molecular flexibility index (Phi) is 4.93. The SMILES string of the molecule is C=CC(=O)Oc1c2c(c(Oc3ccccc3)c3cc(C)ccc13)CC=C(Cl)C2. The van der Waals surface area contributed by atoms with Crippen molar-refractivity contribution in [2.75, 3.05) is 0 Å². The van der Waals surface area contributed by atoms with Crippen molar-refractivity contribution in [2.45, 2.75) is 19.8 Å². The largest absolute Gasteiger partial charge is 0.456 e. The van der Waals surface area contributed by atoms with Crippen LogP contribution >= 0.6 is 11.6 Å². The highest BCUT2D eigenvalue weighted by Gasteiger charge is 2.25. The monoisotopic (exact) mass is 390 g/mol. The zero-order valence-electron chi connectivity index (χ0n) is 15.5. The van der Waals surface area contributed by atoms with Gasteiger partial charge in [0.15, 0.2) is 0 Å². The van der Waals surface area contributed by atoms with Gasteiger partial charge in [-0.3, -0.25) is 0 Å². The molecule has 0 heterocycles. The van der Waals surface area contributed by atoms with E-state index < -0.39 is 5.97 Å². The van der Waals surface area contributed by atoms with E-state index in [0.717, 1.165) is 44.0 Å². The van der Waals surface area contributed by atoms with Crippen molar-refractivity contribution in [1.82, 2.24) is 0 Å². The number of carbonyl (C=O) groups excluding carboxylic acids is 1. The molecule has 0 fully saturated rings. The van der Waals surface area contributed by atoms with Crippen LogP contribution in [0.1, 0.15) is 16.7 Å². The summed E-state index contributed by atoms with van der Waals surface area (Å²) in [5.74, 6) is 1.57. The number of benzene rings is 3. The molecule has 0 saturated heterocycles. The van der Waals surface area contributed by atoms with Crippen molar-refractivity contribution in [2.24, 2.45) is 0 Å². The lowest BCUT2D eigenvalue weighted by molar-refractivity contribution is -0.128. The van der Waals surface area contributed by atoms with Gasteiger partial charge in [0.1, 0.15) is 17.2 Å². The number of rotatable bonds is 4. The minimum absolute atomic E-state index is 0.492. The number of ether oxygens (including phenoxy) is 2. The number of halogens is 1. The molecule has 3 aromatic rings. The number of allylic oxidation sites excluding steroid dienone is 2. The fraction of sp³-hybridized carbons (Fsp3) is 0.125. The first-order valence-corrected chi connectivity index (χ1v) is 9.44. The molecule has 0 amide bonds. The van der Waals surface area contributed by atoms with E-state index >= 15 is 0 Å². The van der Waals surface area contributed by atoms with Crippen LogP contribution in [0.2, 0.25) is 0 Å². The van der Waals surface area contributed by atoms with Crippen LogP contribution in [-0.4, -0.2) is 5.97 Å². The maximum absolute atomic E-state index is 12.0. The second-order valence-corrected chi connectivity index (χ2v) is 7.22. The molecule has 3 aromatic carbocycles. The van der Waals surface area contributed by atoms with Crippen LogP contribution in [-0.2, 0) is 17.6 Å². The Morgan fingerprint density at radius 3 is 2.61 bits per heavy atom. The van der Waals surface area contributed by atoms with Crippen molar-refractivity contribution in [3.63, 3.8) is 0 Å². The average molecular weight is 391 g/mol. The number of hydrogen-bond donors (Lipinski definition) is 0. The molecule has 0 unspecified atom stereocenters. The smallest absolute Gasteiger partial charge is 0.335 e. The van der Waals surface area contributed by atoms with Crippen molar-refractivity contribution in [1.29, 1.82) is 0 Å². The average Bonchev–Trinajstić information content (AvgIpc) is 2.71. The molecule has 0 N–H and O–H groups in total. The van der Waals surface area contributed by atoms with Gasteiger partial charge in [-0.25, -0.2) is 4.79 Å². The summed E-state index contributed by atoms with van der Waals surface area (Å²) in [4.78, 5) is 12.0. The number of esters is 1. The summed E-state index contributed by atoms with van der Waals surface area (Å²) in [7, 11) is 0. The van der Waals surface area contributed by atoms with Crippen LogP contribution in [0.15, 0.2) is 72.3 Å². The van der Waals surface area contributed by atoms with Gasteiger partial charge >= 0.3 is 5.97 Å². The molecule has 0 spiro atoms. The first-order valence-electron chi connectivity index (χ1n) is 9.06. The molecule has 0 aliphatic heterocycles. The Morgan fingerprint density at radius 2 is 1.86 bits per heavy atom. The van der Waals surface area contributed by atoms with Crippen molar-refractivity contribution < 1.29 is 14.3 Å². The normalized spacial score (nSPS) is 12.9. The summed E-state index contributed by atoms with van der Waals surface area (Å²) in [6.45, 7) is 5.54. The number of para-hydroxylation sites is 1. The molecule has 0 bridgehead atoms. The third-order valence-corrected chi connectivity index (χ3v) is 5.07. The summed E-state index contributed by atoms with van der Waals surface area (Å²) in [5.41, 5.74) is 2.96. The van der Waals surface area contributed by atoms with Crippen molar-refractivity contribution in [3.05, 3.63) is 89.0 Å². The van der Waals surface area contributed by atoms with Gasteiger partial charge in [0.25, 0.3) is 0 Å². The van der Waals surface area contributed by atoms with Gasteiger partial charge in [0.2, 0.25) is 0 Å². The maximum atomic E-state index is 12.0. The predicted octanol–water partition coefficient (Wildman–Crippen LogP) is 6.25. The highest BCUT2D eigenvalue weighted by molar-refractivity contribution is 6.30. The summed E-state index contributed by atoms with van der Waals surface area (Å²) < 4.78 is 12.0. The third kappa shape index (κ3) is 3.41. The second kappa shape index (κ2) is 7.53. The van der Waals surface area contributed by atoms with E-state index in [1.165, 1.54) is 6.08 Å². The van der Waals surface area contributed by atoms with Gasteiger partial charge in [-0.2, -0.15) is 0 Å². The van der Waals surface area contributed by atoms with Crippen LogP contribution in [0.3, 0.4) is 0 Å². The van der Waals surface area contributed by atoms with Crippen LogP contribution in [0, 0.1) is 6.92 Å². The minimum atomic E-state index is -0.494. The van der Waals surface area contributed by atoms with Gasteiger partial charge < -0.3 is 9.47 Å². The molecule has 28 heavy (non-hydrogen) atoms. The Bertz CT molecular complexity index is 1110. The Labute approximate surface area is 168 Å². The molecule has 3 nitrogen and oxygen atoms in total. The number of hydrogen-bond acceptors (Lipinski definition) is 3. The standard InChI is InChI=1S/C24H19ClO3/c1-3-22(26)28-24-18-11-9-15(2)13-20(18)23(27-17-7-5-4-6-8-17)19-12-10-16(25)14-21(19)24/h3-11,13H,1,12,14H2,2H3. The highest BCUT2D eigenvalue weighted by Crippen LogP contribution is 2.46. The van der Waals surface area contributed by atoms with Crippen LogP contribution in [0.5, 0.6) is 17.2 Å². The molecule has 0 aromatic heterocycles. The first-order chi connectivity index (χ1) is 13.6. The lowest BCUT2D eigenvalue weighted by Crippen LogP contribution is -2.11. The molecule has 0 radical (unpaired) electrons. The fourth-order valence-corrected chi connectivity index (χ4v) is 3.69. The Morgan fingerprint density at radius 1 is 1.07 bits per heavy atom. The molecular formula is C24H19ClO3. The Balaban J connectivity index is 2.01. The van der Waals surface area contributed by atoms with E-state index in [1.54, 1.807) is 0 Å². The number of fused-ring (bicyclic) bond motifs is 2. The first kappa shape index (κ1) is 18.3. The zero-order chi connectivity index (χ0) is 19.7. The molecule has 0 saturated carbocycles. The lowest BCUT2D eigenvalue weighted by Gasteiger charge is -2.24. The summed E-state index contributed by atoms with van der Waals surface area (Å²) >= 11 is 6.34. The topological polar surface area (TPSA) is 35.5 Å². The lowest BCUT2D eigenvalue weighted by atomic mass is 9.90. The molecule has 1 aliphatic rings. The van der Waals surface area contributed by atoms with Crippen molar-refractivity contribution >= 4 is 28.3 Å². The second-order valence-electron chi connectivity index (χ2n) is 6.74. The fourth-order valence-electron chi connectivity index (χ4n) is 3.48. The predicted molar refractivity (Wildman–Crippen MR) is 112 cm³/mol. The van der Waals surface area contributed by atoms with Gasteiger partial charge in [-0.1, -0.05) is 60.2 Å². The van der Waals surface area contributed by atoms with Crippen molar-refractivity contribution in [3.8, 4) is 17.2 Å². The van der Waals surface area contributed by atoms with Crippen LogP contribution in [0.4, 0.5) is 0 Å². The van der Waals surface area contributed by atoms with E-state index in [-0.39, 0.29) is 0 Å². The van der Waals surface area contributed by atoms with Gasteiger partial charge in [-0.15, -0.1) is 0 Å². The summed E-state index contributed by atoms with van der Waals surface area (Å²) in [6.07, 6.45) is 4.24. The van der Waals surface area contributed by atoms with E-state index in [0.29, 0.717) is 18.6 Å². The third-order valence-electron chi connectivity index (χ3n) is 4.78. The van der Waals surface area contributed by atoms with E-state index in [1.807, 2.05) is 55.5 Å². The van der Waals surface area contributed by atoms with Gasteiger partial charge in [0.05, 0.1) is 0 Å². The molecule has 140 valence electrons. The maximum Gasteiger partial charge on any atom is 0.335 e. The van der Waals surface area contributed by atoms with Crippen LogP contribution in [0.25, 0.3) is 10.8 Å². The van der Waals surface area contributed by atoms with Gasteiger partial charge in [0, 0.05) is 39.4 Å². The molecule has 0 atom stereocenters. The molecule has 4 rings (SSSR count).